The molecular weight excluding hydrogens is 390 g/mol. The summed E-state index contributed by atoms with van der Waals surface area (Å²) in [5, 5.41) is 21.4. The first-order valence-corrected chi connectivity index (χ1v) is 10.9. The van der Waals surface area contributed by atoms with Gasteiger partial charge in [-0.15, -0.1) is 10.2 Å². The molecule has 0 radical (unpaired) electrons. The topological polar surface area (TPSA) is 84.8 Å². The fraction of sp³-hybridized carbons (Fsp3) is 0.571. The van der Waals surface area contributed by atoms with Gasteiger partial charge in [-0.25, -0.2) is 4.79 Å². The number of fused-ring (bicyclic) bond motifs is 1. The number of carbonyl (C=O) groups is 1. The first kappa shape index (κ1) is 20.1. The van der Waals surface area contributed by atoms with Crippen LogP contribution >= 0.6 is 11.3 Å². The summed E-state index contributed by atoms with van der Waals surface area (Å²) < 4.78 is 11.0. The number of nitrogens with zero attached hydrogens (tertiary/aromatic N) is 3. The van der Waals surface area contributed by atoms with Crippen LogP contribution in [-0.2, 0) is 4.74 Å². The molecule has 1 aliphatic carbocycles. The quantitative estimate of drug-likeness (QED) is 0.748. The molecule has 7 nitrogen and oxygen atoms in total. The van der Waals surface area contributed by atoms with E-state index in [2.05, 4.69) is 28.9 Å². The van der Waals surface area contributed by atoms with Gasteiger partial charge in [-0.05, 0) is 36.8 Å². The van der Waals surface area contributed by atoms with Gasteiger partial charge in [0.1, 0.15) is 22.4 Å². The maximum Gasteiger partial charge on any atom is 0.341 e. The Hall–Kier alpha value is -2.19. The number of aliphatic hydroxyl groups excluding tert-OH is 1. The van der Waals surface area contributed by atoms with Crippen molar-refractivity contribution < 1.29 is 19.4 Å². The number of para-hydroxylation sites is 1. The SMILES string of the molecule is COC(=O)c1ccccc1O[C@@H]1C[C@@H]2CN(c3nnc(C(C)C)s3)C[C@@H]2C[C@H]1O. The van der Waals surface area contributed by atoms with Crippen molar-refractivity contribution in [2.24, 2.45) is 11.8 Å². The summed E-state index contributed by atoms with van der Waals surface area (Å²) >= 11 is 1.65. The number of esters is 1. The Labute approximate surface area is 174 Å². The van der Waals surface area contributed by atoms with Crippen molar-refractivity contribution in [2.75, 3.05) is 25.1 Å². The van der Waals surface area contributed by atoms with Gasteiger partial charge in [-0.1, -0.05) is 37.3 Å². The minimum absolute atomic E-state index is 0.345. The molecule has 0 amide bonds. The number of anilines is 1. The van der Waals surface area contributed by atoms with Gasteiger partial charge in [0, 0.05) is 19.0 Å². The second-order valence-electron chi connectivity index (χ2n) is 8.19. The molecule has 8 heteroatoms. The van der Waals surface area contributed by atoms with Crippen LogP contribution in [0.3, 0.4) is 0 Å². The second-order valence-corrected chi connectivity index (χ2v) is 9.17. The lowest BCUT2D eigenvalue weighted by atomic mass is 9.78. The highest BCUT2D eigenvalue weighted by Crippen LogP contribution is 2.41. The third kappa shape index (κ3) is 4.09. The van der Waals surface area contributed by atoms with E-state index in [4.69, 9.17) is 9.47 Å². The van der Waals surface area contributed by atoms with E-state index >= 15 is 0 Å². The zero-order valence-electron chi connectivity index (χ0n) is 16.9. The average molecular weight is 418 g/mol. The number of methoxy groups -OCH3 is 1. The minimum Gasteiger partial charge on any atom is -0.487 e. The lowest BCUT2D eigenvalue weighted by Crippen LogP contribution is -2.42. The predicted molar refractivity (Wildman–Crippen MR) is 111 cm³/mol. The van der Waals surface area contributed by atoms with Crippen LogP contribution in [0.2, 0.25) is 0 Å². The van der Waals surface area contributed by atoms with E-state index in [9.17, 15) is 9.90 Å². The number of carbonyl (C=O) groups excluding carboxylic acids is 1. The number of aliphatic hydroxyl groups is 1. The van der Waals surface area contributed by atoms with E-state index in [1.165, 1.54) is 7.11 Å². The largest absolute Gasteiger partial charge is 0.487 e. The van der Waals surface area contributed by atoms with Gasteiger partial charge in [0.05, 0.1) is 13.2 Å². The maximum atomic E-state index is 12.0. The number of hydrogen-bond acceptors (Lipinski definition) is 8. The zero-order chi connectivity index (χ0) is 20.5. The highest BCUT2D eigenvalue weighted by atomic mass is 32.1. The molecule has 4 atom stereocenters. The molecule has 1 aromatic heterocycles. The average Bonchev–Trinajstić information content (AvgIpc) is 3.35. The van der Waals surface area contributed by atoms with Crippen molar-refractivity contribution in [3.63, 3.8) is 0 Å². The molecule has 1 aliphatic heterocycles. The fourth-order valence-electron chi connectivity index (χ4n) is 4.27. The number of benzene rings is 1. The minimum atomic E-state index is -0.567. The van der Waals surface area contributed by atoms with E-state index in [0.29, 0.717) is 35.5 Å². The summed E-state index contributed by atoms with van der Waals surface area (Å²) in [5.74, 6) is 1.23. The molecule has 1 aromatic carbocycles. The molecule has 156 valence electrons. The first-order valence-electron chi connectivity index (χ1n) is 10.1. The Morgan fingerprint density at radius 2 is 1.93 bits per heavy atom. The number of ether oxygens (including phenoxy) is 2. The van der Waals surface area contributed by atoms with Crippen LogP contribution < -0.4 is 9.64 Å². The van der Waals surface area contributed by atoms with Crippen LogP contribution in [-0.4, -0.2) is 53.7 Å². The molecule has 2 fully saturated rings. The van der Waals surface area contributed by atoms with Crippen molar-refractivity contribution in [1.82, 2.24) is 10.2 Å². The van der Waals surface area contributed by atoms with Crippen molar-refractivity contribution in [1.29, 1.82) is 0 Å². The van der Waals surface area contributed by atoms with Crippen LogP contribution in [0.5, 0.6) is 5.75 Å². The lowest BCUT2D eigenvalue weighted by Gasteiger charge is -2.35. The van der Waals surface area contributed by atoms with Crippen LogP contribution in [0.25, 0.3) is 0 Å². The summed E-state index contributed by atoms with van der Waals surface area (Å²) in [6.07, 6.45) is 0.514. The number of aromatic nitrogens is 2. The van der Waals surface area contributed by atoms with Crippen molar-refractivity contribution in [3.8, 4) is 5.75 Å². The maximum absolute atomic E-state index is 12.0. The third-order valence-corrected chi connectivity index (χ3v) is 7.13. The molecule has 2 aliphatic rings. The van der Waals surface area contributed by atoms with Crippen LogP contribution in [0.15, 0.2) is 24.3 Å². The summed E-state index contributed by atoms with van der Waals surface area (Å²) in [6, 6.07) is 7.02. The molecule has 4 rings (SSSR count). The van der Waals surface area contributed by atoms with Gasteiger partial charge in [0.2, 0.25) is 5.13 Å². The van der Waals surface area contributed by atoms with Gasteiger partial charge in [-0.2, -0.15) is 0 Å². The smallest absolute Gasteiger partial charge is 0.341 e. The summed E-state index contributed by atoms with van der Waals surface area (Å²) in [7, 11) is 1.35. The summed E-state index contributed by atoms with van der Waals surface area (Å²) in [6.45, 7) is 6.03. The Morgan fingerprint density at radius 3 is 2.62 bits per heavy atom. The van der Waals surface area contributed by atoms with E-state index in [1.54, 1.807) is 29.5 Å². The lowest BCUT2D eigenvalue weighted by molar-refractivity contribution is -0.0237. The van der Waals surface area contributed by atoms with Crippen LogP contribution in [0.4, 0.5) is 5.13 Å². The highest BCUT2D eigenvalue weighted by molar-refractivity contribution is 7.15. The zero-order valence-corrected chi connectivity index (χ0v) is 17.8. The molecule has 0 unspecified atom stereocenters. The van der Waals surface area contributed by atoms with Gasteiger partial charge >= 0.3 is 5.97 Å². The van der Waals surface area contributed by atoms with Crippen molar-refractivity contribution >= 4 is 22.4 Å². The van der Waals surface area contributed by atoms with Crippen LogP contribution in [0.1, 0.15) is 48.0 Å². The van der Waals surface area contributed by atoms with Crippen LogP contribution in [0, 0.1) is 11.8 Å². The Bertz CT molecular complexity index is 871. The molecule has 0 spiro atoms. The van der Waals surface area contributed by atoms with Gasteiger partial charge in [0.25, 0.3) is 0 Å². The molecular formula is C21H27N3O4S. The number of hydrogen-bond donors (Lipinski definition) is 1. The molecule has 0 bridgehead atoms. The van der Waals surface area contributed by atoms with E-state index in [0.717, 1.165) is 29.6 Å². The monoisotopic (exact) mass is 417 g/mol. The van der Waals surface area contributed by atoms with Gasteiger partial charge < -0.3 is 19.5 Å². The number of rotatable bonds is 5. The standard InChI is InChI=1S/C21H27N3O4S/c1-12(2)19-22-23-21(29-19)24-10-13-8-16(25)18(9-14(13)11-24)28-17-7-5-4-6-15(17)20(26)27-3/h4-7,12-14,16,18,25H,8-11H2,1-3H3/t13-,14+,16+,18+/m0/s1. The molecule has 2 aromatic rings. The Balaban J connectivity index is 1.45. The Morgan fingerprint density at radius 1 is 1.21 bits per heavy atom. The second kappa shape index (κ2) is 8.28. The van der Waals surface area contributed by atoms with Gasteiger partial charge in [-0.3, -0.25) is 0 Å². The first-order chi connectivity index (χ1) is 14.0. The molecule has 1 N–H and O–H groups in total. The van der Waals surface area contributed by atoms with E-state index in [-0.39, 0.29) is 6.10 Å². The molecule has 29 heavy (non-hydrogen) atoms. The van der Waals surface area contributed by atoms with Crippen molar-refractivity contribution in [3.05, 3.63) is 34.8 Å². The normalized spacial score (nSPS) is 26.4. The summed E-state index contributed by atoms with van der Waals surface area (Å²) in [4.78, 5) is 14.3. The van der Waals surface area contributed by atoms with Gasteiger partial charge in [0.15, 0.2) is 0 Å². The summed E-state index contributed by atoms with van der Waals surface area (Å²) in [5.41, 5.74) is 0.382. The predicted octanol–water partition coefficient (Wildman–Crippen LogP) is 3.10. The fourth-order valence-corrected chi connectivity index (χ4v) is 5.14. The molecule has 2 heterocycles. The Kier molecular flexibility index (Phi) is 5.74. The van der Waals surface area contributed by atoms with E-state index < -0.39 is 12.1 Å². The highest BCUT2D eigenvalue weighted by Gasteiger charge is 2.43. The molecule has 1 saturated heterocycles. The third-order valence-electron chi connectivity index (χ3n) is 5.85. The van der Waals surface area contributed by atoms with E-state index in [1.807, 2.05) is 6.07 Å². The van der Waals surface area contributed by atoms with Crippen molar-refractivity contribution in [2.45, 2.75) is 44.8 Å². The molecule has 1 saturated carbocycles.